The molecule has 9 nitrogen and oxygen atoms in total. The van der Waals surface area contributed by atoms with E-state index in [1.54, 1.807) is 24.4 Å². The zero-order valence-electron chi connectivity index (χ0n) is 16.5. The lowest BCUT2D eigenvalue weighted by molar-refractivity contribution is -0.385. The van der Waals surface area contributed by atoms with Crippen molar-refractivity contribution in [3.63, 3.8) is 0 Å². The molecule has 0 unspecified atom stereocenters. The van der Waals surface area contributed by atoms with Gasteiger partial charge in [0.05, 0.1) is 17.1 Å². The summed E-state index contributed by atoms with van der Waals surface area (Å²) in [5.41, 5.74) is 0.179. The molecule has 2 heterocycles. The van der Waals surface area contributed by atoms with E-state index in [9.17, 15) is 20.0 Å². The number of nitro benzene ring substituents is 1. The standard InChI is InChI=1S/C21H15ClN4O5S/c1-31-17-3-2-11(6-15(17)22)9-23-13-7-14(18(21(27)28)16(8-13)26(29)30)19-24-10-12-4-5-32-20(12)25-19/h2-8,10,23H,9H2,1H3,(H,27,28). The number of halogens is 1. The van der Waals surface area contributed by atoms with Crippen molar-refractivity contribution in [1.29, 1.82) is 0 Å². The van der Waals surface area contributed by atoms with Crippen LogP contribution in [0.1, 0.15) is 15.9 Å². The maximum Gasteiger partial charge on any atom is 0.343 e. The number of aromatic nitrogens is 2. The van der Waals surface area contributed by atoms with E-state index in [1.165, 1.54) is 30.6 Å². The van der Waals surface area contributed by atoms with Crippen LogP contribution in [0.4, 0.5) is 11.4 Å². The van der Waals surface area contributed by atoms with E-state index in [2.05, 4.69) is 15.3 Å². The minimum absolute atomic E-state index is 0.0530. The van der Waals surface area contributed by atoms with E-state index in [1.807, 2.05) is 11.4 Å². The largest absolute Gasteiger partial charge is 0.495 e. The molecule has 0 atom stereocenters. The second kappa shape index (κ2) is 8.77. The number of rotatable bonds is 7. The first-order chi connectivity index (χ1) is 15.4. The summed E-state index contributed by atoms with van der Waals surface area (Å²) in [6.45, 7) is 0.289. The fourth-order valence-corrected chi connectivity index (χ4v) is 4.20. The molecule has 11 heteroatoms. The molecule has 0 aliphatic rings. The molecule has 4 rings (SSSR count). The zero-order chi connectivity index (χ0) is 22.8. The Bertz CT molecular complexity index is 1360. The van der Waals surface area contributed by atoms with Gasteiger partial charge in [-0.1, -0.05) is 17.7 Å². The van der Waals surface area contributed by atoms with Gasteiger partial charge in [-0.15, -0.1) is 11.3 Å². The van der Waals surface area contributed by atoms with Gasteiger partial charge in [-0.2, -0.15) is 0 Å². The summed E-state index contributed by atoms with van der Waals surface area (Å²) in [6.07, 6.45) is 1.56. The number of ether oxygens (including phenoxy) is 1. The molecule has 0 aliphatic heterocycles. The molecule has 0 spiro atoms. The molecular formula is C21H15ClN4O5S. The molecule has 0 amide bonds. The van der Waals surface area contributed by atoms with Gasteiger partial charge in [0.2, 0.25) is 0 Å². The molecule has 2 aromatic carbocycles. The highest BCUT2D eigenvalue weighted by Gasteiger charge is 2.27. The lowest BCUT2D eigenvalue weighted by atomic mass is 10.0. The van der Waals surface area contributed by atoms with Crippen molar-refractivity contribution in [3.8, 4) is 17.1 Å². The molecule has 2 aromatic heterocycles. The number of carbonyl (C=O) groups is 1. The SMILES string of the molecule is COc1ccc(CNc2cc(-c3ncc4ccsc4n3)c(C(=O)O)c([N+](=O)[O-])c2)cc1Cl. The Morgan fingerprint density at radius 1 is 1.31 bits per heavy atom. The third kappa shape index (κ3) is 4.18. The maximum absolute atomic E-state index is 11.9. The summed E-state index contributed by atoms with van der Waals surface area (Å²) in [5, 5.41) is 27.5. The van der Waals surface area contributed by atoms with Crippen molar-refractivity contribution in [2.24, 2.45) is 0 Å². The number of nitrogens with zero attached hydrogens (tertiary/aromatic N) is 3. The molecule has 0 saturated carbocycles. The van der Waals surface area contributed by atoms with Gasteiger partial charge in [0.15, 0.2) is 5.82 Å². The van der Waals surface area contributed by atoms with Gasteiger partial charge >= 0.3 is 5.97 Å². The monoisotopic (exact) mass is 470 g/mol. The van der Waals surface area contributed by atoms with E-state index in [0.29, 0.717) is 21.3 Å². The Labute approximate surface area is 190 Å². The average Bonchev–Trinajstić information content (AvgIpc) is 3.24. The lowest BCUT2D eigenvalue weighted by Crippen LogP contribution is -2.09. The highest BCUT2D eigenvalue weighted by Crippen LogP contribution is 2.34. The number of fused-ring (bicyclic) bond motifs is 1. The Morgan fingerprint density at radius 2 is 2.12 bits per heavy atom. The number of aromatic carboxylic acids is 1. The molecule has 0 aliphatic carbocycles. The zero-order valence-corrected chi connectivity index (χ0v) is 18.1. The predicted molar refractivity (Wildman–Crippen MR) is 122 cm³/mol. The number of methoxy groups -OCH3 is 1. The average molecular weight is 471 g/mol. The number of carboxylic acid groups (broad SMARTS) is 1. The van der Waals surface area contributed by atoms with E-state index < -0.39 is 22.1 Å². The molecule has 0 radical (unpaired) electrons. The van der Waals surface area contributed by atoms with Gasteiger partial charge in [-0.05, 0) is 35.2 Å². The Morgan fingerprint density at radius 3 is 2.81 bits per heavy atom. The van der Waals surface area contributed by atoms with Gasteiger partial charge in [0, 0.05) is 35.4 Å². The summed E-state index contributed by atoms with van der Waals surface area (Å²) in [6, 6.07) is 9.74. The molecular weight excluding hydrogens is 456 g/mol. The summed E-state index contributed by atoms with van der Waals surface area (Å²) in [5.74, 6) is -0.813. The van der Waals surface area contributed by atoms with Crippen LogP contribution in [0.25, 0.3) is 21.6 Å². The number of hydrogen-bond donors (Lipinski definition) is 2. The Hall–Kier alpha value is -3.76. The Kier molecular flexibility index (Phi) is 5.89. The summed E-state index contributed by atoms with van der Waals surface area (Å²) in [7, 11) is 1.51. The molecule has 2 N–H and O–H groups in total. The van der Waals surface area contributed by atoms with Crippen molar-refractivity contribution in [3.05, 3.63) is 74.2 Å². The number of thiophene rings is 1. The van der Waals surface area contributed by atoms with E-state index in [0.717, 1.165) is 10.9 Å². The number of hydrogen-bond acceptors (Lipinski definition) is 8. The Balaban J connectivity index is 1.77. The highest BCUT2D eigenvalue weighted by atomic mass is 35.5. The van der Waals surface area contributed by atoms with Gasteiger partial charge in [0.1, 0.15) is 16.1 Å². The second-order valence-electron chi connectivity index (χ2n) is 6.68. The minimum Gasteiger partial charge on any atom is -0.495 e. The summed E-state index contributed by atoms with van der Waals surface area (Å²) >= 11 is 7.52. The second-order valence-corrected chi connectivity index (χ2v) is 7.98. The molecule has 0 saturated heterocycles. The number of benzene rings is 2. The van der Waals surface area contributed by atoms with Crippen LogP contribution in [0.3, 0.4) is 0 Å². The first kappa shape index (κ1) is 21.5. The summed E-state index contributed by atoms with van der Waals surface area (Å²) in [4.78, 5) is 32.1. The van der Waals surface area contributed by atoms with Crippen LogP contribution >= 0.6 is 22.9 Å². The molecule has 0 bridgehead atoms. The van der Waals surface area contributed by atoms with Crippen molar-refractivity contribution in [2.75, 3.05) is 12.4 Å². The maximum atomic E-state index is 11.9. The van der Waals surface area contributed by atoms with Crippen LogP contribution in [0.5, 0.6) is 5.75 Å². The topological polar surface area (TPSA) is 127 Å². The normalized spacial score (nSPS) is 10.8. The van der Waals surface area contributed by atoms with Crippen LogP contribution in [-0.2, 0) is 6.54 Å². The number of nitro groups is 1. The van der Waals surface area contributed by atoms with Crippen molar-refractivity contribution >= 4 is 50.5 Å². The third-order valence-corrected chi connectivity index (χ3v) is 5.81. The molecule has 4 aromatic rings. The van der Waals surface area contributed by atoms with E-state index in [-0.39, 0.29) is 17.9 Å². The summed E-state index contributed by atoms with van der Waals surface area (Å²) < 4.78 is 5.13. The smallest absolute Gasteiger partial charge is 0.343 e. The van der Waals surface area contributed by atoms with Crippen molar-refractivity contribution < 1.29 is 19.6 Å². The number of anilines is 1. The van der Waals surface area contributed by atoms with Crippen molar-refractivity contribution in [1.82, 2.24) is 9.97 Å². The first-order valence-electron chi connectivity index (χ1n) is 9.20. The van der Waals surface area contributed by atoms with Crippen LogP contribution in [-0.4, -0.2) is 33.1 Å². The lowest BCUT2D eigenvalue weighted by Gasteiger charge is -2.12. The fraction of sp³-hybridized carbons (Fsp3) is 0.0952. The predicted octanol–water partition coefficient (Wildman–Crippen LogP) is 5.24. The fourth-order valence-electron chi connectivity index (χ4n) is 3.18. The first-order valence-corrected chi connectivity index (χ1v) is 10.5. The van der Waals surface area contributed by atoms with Crippen LogP contribution in [0, 0.1) is 10.1 Å². The van der Waals surface area contributed by atoms with E-state index in [4.69, 9.17) is 16.3 Å². The van der Waals surface area contributed by atoms with Crippen LogP contribution in [0.2, 0.25) is 5.02 Å². The van der Waals surface area contributed by atoms with Gasteiger partial charge in [0.25, 0.3) is 5.69 Å². The number of carboxylic acids is 1. The minimum atomic E-state index is -1.44. The van der Waals surface area contributed by atoms with E-state index >= 15 is 0 Å². The molecule has 162 valence electrons. The van der Waals surface area contributed by atoms with Gasteiger partial charge < -0.3 is 15.2 Å². The van der Waals surface area contributed by atoms with Crippen molar-refractivity contribution in [2.45, 2.75) is 6.54 Å². The van der Waals surface area contributed by atoms with Crippen LogP contribution in [0.15, 0.2) is 48.0 Å². The van der Waals surface area contributed by atoms with Gasteiger partial charge in [-0.25, -0.2) is 14.8 Å². The molecule has 0 fully saturated rings. The van der Waals surface area contributed by atoms with Gasteiger partial charge in [-0.3, -0.25) is 10.1 Å². The quantitative estimate of drug-likeness (QED) is 0.277. The highest BCUT2D eigenvalue weighted by molar-refractivity contribution is 7.16. The third-order valence-electron chi connectivity index (χ3n) is 4.69. The molecule has 32 heavy (non-hydrogen) atoms. The van der Waals surface area contributed by atoms with Crippen LogP contribution < -0.4 is 10.1 Å². The number of nitrogens with one attached hydrogen (secondary N) is 1.